The van der Waals surface area contributed by atoms with E-state index in [2.05, 4.69) is 12.2 Å². The Kier molecular flexibility index (Phi) is 5.46. The second-order valence-corrected chi connectivity index (χ2v) is 6.21. The van der Waals surface area contributed by atoms with E-state index in [-0.39, 0.29) is 5.41 Å². The van der Waals surface area contributed by atoms with Crippen LogP contribution in [0.3, 0.4) is 0 Å². The maximum atomic E-state index is 9.70. The number of aliphatic hydroxyl groups is 1. The van der Waals surface area contributed by atoms with Crippen LogP contribution in [0.1, 0.15) is 51.9 Å². The number of rotatable bonds is 5. The van der Waals surface area contributed by atoms with Crippen LogP contribution in [-0.2, 0) is 4.74 Å². The molecule has 1 saturated heterocycles. The smallest absolute Gasteiger partial charge is 0.0501 e. The Morgan fingerprint density at radius 3 is 2.61 bits per heavy atom. The fourth-order valence-electron chi connectivity index (χ4n) is 3.51. The van der Waals surface area contributed by atoms with E-state index in [1.165, 1.54) is 32.1 Å². The summed E-state index contributed by atoms with van der Waals surface area (Å²) in [6.45, 7) is 5.19. The summed E-state index contributed by atoms with van der Waals surface area (Å²) in [6.07, 6.45) is 8.74. The molecule has 2 atom stereocenters. The fraction of sp³-hybridized carbons (Fsp3) is 1.00. The third-order valence-electron chi connectivity index (χ3n) is 5.06. The summed E-state index contributed by atoms with van der Waals surface area (Å²) < 4.78 is 5.42. The number of hydrogen-bond acceptors (Lipinski definition) is 3. The van der Waals surface area contributed by atoms with E-state index in [1.54, 1.807) is 0 Å². The van der Waals surface area contributed by atoms with Crippen LogP contribution in [0.4, 0.5) is 0 Å². The quantitative estimate of drug-likeness (QED) is 0.792. The average Bonchev–Trinajstić information content (AvgIpc) is 2.46. The molecule has 2 rings (SSSR count). The van der Waals surface area contributed by atoms with Gasteiger partial charge in [-0.15, -0.1) is 0 Å². The Bertz CT molecular complexity index is 239. The van der Waals surface area contributed by atoms with E-state index in [0.29, 0.717) is 12.6 Å². The van der Waals surface area contributed by atoms with Gasteiger partial charge in [-0.1, -0.05) is 26.2 Å². The molecule has 0 radical (unpaired) electrons. The molecule has 2 fully saturated rings. The van der Waals surface area contributed by atoms with Gasteiger partial charge in [-0.2, -0.15) is 0 Å². The molecular weight excluding hydrogens is 226 g/mol. The summed E-state index contributed by atoms with van der Waals surface area (Å²) >= 11 is 0. The lowest BCUT2D eigenvalue weighted by Crippen LogP contribution is -2.47. The van der Waals surface area contributed by atoms with Crippen LogP contribution in [0.25, 0.3) is 0 Å². The minimum Gasteiger partial charge on any atom is -0.396 e. The maximum Gasteiger partial charge on any atom is 0.0501 e. The molecule has 0 amide bonds. The molecule has 3 heteroatoms. The summed E-state index contributed by atoms with van der Waals surface area (Å²) in [5.41, 5.74) is 0.0774. The molecule has 0 aromatic heterocycles. The van der Waals surface area contributed by atoms with Gasteiger partial charge < -0.3 is 15.2 Å². The van der Waals surface area contributed by atoms with Crippen LogP contribution in [-0.4, -0.2) is 37.5 Å². The lowest BCUT2D eigenvalue weighted by molar-refractivity contribution is -0.0181. The van der Waals surface area contributed by atoms with Gasteiger partial charge in [-0.3, -0.25) is 0 Å². The Morgan fingerprint density at radius 1 is 1.22 bits per heavy atom. The number of aliphatic hydroxyl groups excluding tert-OH is 1. The van der Waals surface area contributed by atoms with Gasteiger partial charge in [0.15, 0.2) is 0 Å². The normalized spacial score (nSPS) is 32.3. The first kappa shape index (κ1) is 14.3. The van der Waals surface area contributed by atoms with Crippen LogP contribution < -0.4 is 5.32 Å². The second-order valence-electron chi connectivity index (χ2n) is 6.21. The molecular formula is C15H29NO2. The number of hydrogen-bond donors (Lipinski definition) is 2. The molecule has 1 heterocycles. The number of ether oxygens (including phenoxy) is 1. The van der Waals surface area contributed by atoms with Crippen molar-refractivity contribution in [2.75, 3.05) is 26.4 Å². The highest BCUT2D eigenvalue weighted by atomic mass is 16.5. The molecule has 1 aliphatic heterocycles. The molecule has 2 N–H and O–H groups in total. The average molecular weight is 255 g/mol. The molecule has 3 nitrogen and oxygen atoms in total. The monoisotopic (exact) mass is 255 g/mol. The minimum absolute atomic E-state index is 0.0774. The van der Waals surface area contributed by atoms with Gasteiger partial charge in [0.05, 0.1) is 6.61 Å². The van der Waals surface area contributed by atoms with Crippen molar-refractivity contribution in [3.63, 3.8) is 0 Å². The largest absolute Gasteiger partial charge is 0.396 e. The van der Waals surface area contributed by atoms with Gasteiger partial charge in [0, 0.05) is 31.2 Å². The molecule has 0 spiro atoms. The lowest BCUT2D eigenvalue weighted by Gasteiger charge is -2.39. The zero-order chi connectivity index (χ0) is 12.8. The first-order chi connectivity index (χ1) is 8.79. The lowest BCUT2D eigenvalue weighted by atomic mass is 9.78. The Hall–Kier alpha value is -0.120. The Balaban J connectivity index is 1.84. The molecule has 1 saturated carbocycles. The molecule has 2 unspecified atom stereocenters. The van der Waals surface area contributed by atoms with Gasteiger partial charge in [-0.05, 0) is 31.6 Å². The van der Waals surface area contributed by atoms with Crippen LogP contribution in [0.15, 0.2) is 0 Å². The predicted molar refractivity (Wildman–Crippen MR) is 73.6 cm³/mol. The van der Waals surface area contributed by atoms with E-state index in [9.17, 15) is 5.11 Å². The van der Waals surface area contributed by atoms with Gasteiger partial charge in [0.25, 0.3) is 0 Å². The molecule has 2 aliphatic rings. The van der Waals surface area contributed by atoms with Gasteiger partial charge in [0.1, 0.15) is 0 Å². The second kappa shape index (κ2) is 6.88. The Morgan fingerprint density at radius 2 is 1.94 bits per heavy atom. The van der Waals surface area contributed by atoms with E-state index >= 15 is 0 Å². The molecule has 0 bridgehead atoms. The zero-order valence-electron chi connectivity index (χ0n) is 11.8. The molecule has 0 aromatic rings. The molecule has 18 heavy (non-hydrogen) atoms. The summed E-state index contributed by atoms with van der Waals surface area (Å²) in [5, 5.41) is 13.5. The van der Waals surface area contributed by atoms with Crippen molar-refractivity contribution in [1.82, 2.24) is 5.32 Å². The van der Waals surface area contributed by atoms with E-state index in [1.807, 2.05) is 0 Å². The summed E-state index contributed by atoms with van der Waals surface area (Å²) in [4.78, 5) is 0. The van der Waals surface area contributed by atoms with Crippen molar-refractivity contribution < 1.29 is 9.84 Å². The number of nitrogens with one attached hydrogen (secondary N) is 1. The van der Waals surface area contributed by atoms with Gasteiger partial charge in [-0.25, -0.2) is 0 Å². The third kappa shape index (κ3) is 3.46. The van der Waals surface area contributed by atoms with Crippen LogP contribution in [0.2, 0.25) is 0 Å². The first-order valence-electron chi connectivity index (χ1n) is 7.72. The van der Waals surface area contributed by atoms with Gasteiger partial charge in [0.2, 0.25) is 0 Å². The molecule has 1 aliphatic carbocycles. The highest BCUT2D eigenvalue weighted by Crippen LogP contribution is 2.31. The standard InChI is InChI=1S/C15H29NO2/c1-2-13-5-3-4-6-14(13)16-11-15(12-17)7-9-18-10-8-15/h13-14,16-17H,2-12H2,1H3. The SMILES string of the molecule is CCC1CCCCC1NCC1(CO)CCOCC1. The summed E-state index contributed by atoms with van der Waals surface area (Å²) in [6, 6.07) is 0.676. The maximum absolute atomic E-state index is 9.70. The Labute approximate surface area is 111 Å². The van der Waals surface area contributed by atoms with Crippen LogP contribution >= 0.6 is 0 Å². The summed E-state index contributed by atoms with van der Waals surface area (Å²) in [5.74, 6) is 0.842. The van der Waals surface area contributed by atoms with Crippen molar-refractivity contribution in [2.45, 2.75) is 57.9 Å². The summed E-state index contributed by atoms with van der Waals surface area (Å²) in [7, 11) is 0. The van der Waals surface area contributed by atoms with Crippen LogP contribution in [0.5, 0.6) is 0 Å². The third-order valence-corrected chi connectivity index (χ3v) is 5.06. The van der Waals surface area contributed by atoms with E-state index in [0.717, 1.165) is 38.5 Å². The highest BCUT2D eigenvalue weighted by Gasteiger charge is 2.33. The molecule has 0 aromatic carbocycles. The van der Waals surface area contributed by atoms with Gasteiger partial charge >= 0.3 is 0 Å². The molecule has 106 valence electrons. The van der Waals surface area contributed by atoms with Crippen molar-refractivity contribution in [3.05, 3.63) is 0 Å². The predicted octanol–water partition coefficient (Wildman–Crippen LogP) is 2.33. The fourth-order valence-corrected chi connectivity index (χ4v) is 3.51. The topological polar surface area (TPSA) is 41.5 Å². The van der Waals surface area contributed by atoms with Crippen molar-refractivity contribution in [3.8, 4) is 0 Å². The minimum atomic E-state index is 0.0774. The van der Waals surface area contributed by atoms with Crippen molar-refractivity contribution in [1.29, 1.82) is 0 Å². The van der Waals surface area contributed by atoms with Crippen molar-refractivity contribution >= 4 is 0 Å². The highest BCUT2D eigenvalue weighted by molar-refractivity contribution is 4.87. The first-order valence-corrected chi connectivity index (χ1v) is 7.72. The van der Waals surface area contributed by atoms with E-state index in [4.69, 9.17) is 4.74 Å². The van der Waals surface area contributed by atoms with Crippen molar-refractivity contribution in [2.24, 2.45) is 11.3 Å². The zero-order valence-corrected chi connectivity index (χ0v) is 11.8. The van der Waals surface area contributed by atoms with E-state index < -0.39 is 0 Å². The van der Waals surface area contributed by atoms with Crippen LogP contribution in [0, 0.1) is 11.3 Å².